The van der Waals surface area contributed by atoms with Crippen LogP contribution in [0.1, 0.15) is 20.3 Å². The van der Waals surface area contributed by atoms with Crippen molar-refractivity contribution in [2.45, 2.75) is 37.2 Å². The van der Waals surface area contributed by atoms with E-state index in [2.05, 4.69) is 5.32 Å². The molecule has 8 nitrogen and oxygen atoms in total. The van der Waals surface area contributed by atoms with E-state index in [1.807, 2.05) is 0 Å². The number of carbonyl (C=O) groups is 2. The van der Waals surface area contributed by atoms with Gasteiger partial charge in [0.15, 0.2) is 9.84 Å². The summed E-state index contributed by atoms with van der Waals surface area (Å²) in [6.45, 7) is 2.72. The average molecular weight is 308 g/mol. The van der Waals surface area contributed by atoms with Crippen molar-refractivity contribution in [1.82, 2.24) is 10.2 Å². The highest BCUT2D eigenvalue weighted by atomic mass is 32.2. The average Bonchev–Trinajstić information content (AvgIpc) is 2.67. The number of likely N-dealkylation sites (tertiary alicyclic amines) is 1. The van der Waals surface area contributed by atoms with Crippen molar-refractivity contribution in [2.75, 3.05) is 19.3 Å². The zero-order valence-corrected chi connectivity index (χ0v) is 12.5. The predicted molar refractivity (Wildman–Crippen MR) is 71.1 cm³/mol. The molecule has 0 aromatic rings. The van der Waals surface area contributed by atoms with E-state index in [0.717, 1.165) is 11.2 Å². The van der Waals surface area contributed by atoms with Crippen molar-refractivity contribution in [2.24, 2.45) is 0 Å². The molecule has 2 amide bonds. The van der Waals surface area contributed by atoms with E-state index in [1.165, 1.54) is 13.8 Å². The van der Waals surface area contributed by atoms with Crippen LogP contribution in [0, 0.1) is 0 Å². The van der Waals surface area contributed by atoms with E-state index >= 15 is 0 Å². The van der Waals surface area contributed by atoms with Gasteiger partial charge in [-0.2, -0.15) is 0 Å². The normalized spacial score (nSPS) is 23.7. The lowest BCUT2D eigenvalue weighted by molar-refractivity contribution is -0.141. The Labute approximate surface area is 117 Å². The summed E-state index contributed by atoms with van der Waals surface area (Å²) in [4.78, 5) is 23.9. The Morgan fingerprint density at radius 3 is 2.40 bits per heavy atom. The molecule has 2 atom stereocenters. The topological polar surface area (TPSA) is 124 Å². The molecule has 1 fully saturated rings. The standard InChI is InChI=1S/C11H20N2O6S/c1-11(2,20(3,18)19)6-12-10(17)13-5-7(14)4-8(13)9(15)16/h7-8,14H,4-6H2,1-3H3,(H,12,17)(H,15,16)/t7?,8-/m0/s1. The molecule has 116 valence electrons. The van der Waals surface area contributed by atoms with Crippen LogP contribution in [-0.4, -0.2) is 71.8 Å². The van der Waals surface area contributed by atoms with Crippen LogP contribution in [0.5, 0.6) is 0 Å². The van der Waals surface area contributed by atoms with Crippen LogP contribution < -0.4 is 5.32 Å². The summed E-state index contributed by atoms with van der Waals surface area (Å²) in [7, 11) is -3.36. The van der Waals surface area contributed by atoms with Gasteiger partial charge < -0.3 is 20.4 Å². The van der Waals surface area contributed by atoms with Gasteiger partial charge in [-0.15, -0.1) is 0 Å². The summed E-state index contributed by atoms with van der Waals surface area (Å²) in [5, 5.41) is 20.8. The summed E-state index contributed by atoms with van der Waals surface area (Å²) in [6.07, 6.45) is 0.154. The first-order valence-corrected chi connectivity index (χ1v) is 8.00. The number of carboxylic acids is 1. The first-order valence-electron chi connectivity index (χ1n) is 6.10. The third kappa shape index (κ3) is 3.60. The van der Waals surface area contributed by atoms with Gasteiger partial charge in [0.2, 0.25) is 0 Å². The highest BCUT2D eigenvalue weighted by Crippen LogP contribution is 2.19. The molecule has 1 aliphatic heterocycles. The summed E-state index contributed by atoms with van der Waals surface area (Å²) in [5.41, 5.74) is 0. The second-order valence-electron chi connectivity index (χ2n) is 5.59. The van der Waals surface area contributed by atoms with Crippen LogP contribution in [0.4, 0.5) is 4.79 Å². The third-order valence-corrected chi connectivity index (χ3v) is 5.65. The number of hydrogen-bond acceptors (Lipinski definition) is 5. The molecule has 0 aromatic heterocycles. The molecule has 0 aliphatic carbocycles. The minimum atomic E-state index is -3.36. The van der Waals surface area contributed by atoms with E-state index in [0.29, 0.717) is 0 Å². The second-order valence-corrected chi connectivity index (χ2v) is 8.24. The fourth-order valence-electron chi connectivity index (χ4n) is 1.79. The molecular weight excluding hydrogens is 288 g/mol. The third-order valence-electron chi connectivity index (χ3n) is 3.49. The summed E-state index contributed by atoms with van der Waals surface area (Å²) >= 11 is 0. The van der Waals surface area contributed by atoms with Gasteiger partial charge in [0.1, 0.15) is 6.04 Å². The molecule has 1 heterocycles. The maximum Gasteiger partial charge on any atom is 0.326 e. The van der Waals surface area contributed by atoms with E-state index in [1.54, 1.807) is 0 Å². The Balaban J connectivity index is 2.70. The van der Waals surface area contributed by atoms with Gasteiger partial charge in [-0.25, -0.2) is 18.0 Å². The Morgan fingerprint density at radius 1 is 1.40 bits per heavy atom. The second kappa shape index (κ2) is 5.57. The van der Waals surface area contributed by atoms with Gasteiger partial charge in [0.05, 0.1) is 10.9 Å². The van der Waals surface area contributed by atoms with Crippen molar-refractivity contribution >= 4 is 21.8 Å². The van der Waals surface area contributed by atoms with E-state index in [4.69, 9.17) is 5.11 Å². The molecule has 1 unspecified atom stereocenters. The molecule has 0 aromatic carbocycles. The largest absolute Gasteiger partial charge is 0.480 e. The van der Waals surface area contributed by atoms with Gasteiger partial charge in [0.25, 0.3) is 0 Å². The molecule has 1 aliphatic rings. The fraction of sp³-hybridized carbons (Fsp3) is 0.818. The van der Waals surface area contributed by atoms with Crippen LogP contribution in [0.15, 0.2) is 0 Å². The number of hydrogen-bond donors (Lipinski definition) is 3. The molecular formula is C11H20N2O6S. The van der Waals surface area contributed by atoms with Crippen molar-refractivity contribution in [3.8, 4) is 0 Å². The maximum absolute atomic E-state index is 11.9. The highest BCUT2D eigenvalue weighted by Gasteiger charge is 2.40. The molecule has 0 spiro atoms. The Hall–Kier alpha value is -1.35. The van der Waals surface area contributed by atoms with Crippen molar-refractivity contribution in [3.05, 3.63) is 0 Å². The maximum atomic E-state index is 11.9. The number of sulfone groups is 1. The monoisotopic (exact) mass is 308 g/mol. The molecule has 1 rings (SSSR count). The van der Waals surface area contributed by atoms with Gasteiger partial charge in [-0.1, -0.05) is 0 Å². The zero-order chi connectivity index (χ0) is 15.7. The lowest BCUT2D eigenvalue weighted by atomic mass is 10.2. The van der Waals surface area contributed by atoms with Crippen LogP contribution in [0.2, 0.25) is 0 Å². The molecule has 1 saturated heterocycles. The van der Waals surface area contributed by atoms with Crippen LogP contribution in [0.25, 0.3) is 0 Å². The number of nitrogens with one attached hydrogen (secondary N) is 1. The van der Waals surface area contributed by atoms with Crippen molar-refractivity contribution in [1.29, 1.82) is 0 Å². The molecule has 3 N–H and O–H groups in total. The first kappa shape index (κ1) is 16.7. The Bertz CT molecular complexity index is 501. The minimum Gasteiger partial charge on any atom is -0.480 e. The number of nitrogens with zero attached hydrogens (tertiary/aromatic N) is 1. The van der Waals surface area contributed by atoms with Gasteiger partial charge >= 0.3 is 12.0 Å². The summed E-state index contributed by atoms with van der Waals surface area (Å²) in [6, 6.07) is -1.78. The number of rotatable bonds is 4. The van der Waals surface area contributed by atoms with E-state index in [9.17, 15) is 23.1 Å². The number of carbonyl (C=O) groups excluding carboxylic acids is 1. The number of urea groups is 1. The predicted octanol–water partition coefficient (Wildman–Crippen LogP) is -0.961. The minimum absolute atomic E-state index is 0.0295. The van der Waals surface area contributed by atoms with E-state index < -0.39 is 38.7 Å². The lowest BCUT2D eigenvalue weighted by Crippen LogP contribution is -2.51. The van der Waals surface area contributed by atoms with Crippen LogP contribution >= 0.6 is 0 Å². The molecule has 0 bridgehead atoms. The number of carboxylic acid groups (broad SMARTS) is 1. The zero-order valence-electron chi connectivity index (χ0n) is 11.7. The Kier molecular flexibility index (Phi) is 4.65. The number of aliphatic hydroxyl groups is 1. The summed E-state index contributed by atoms with van der Waals surface area (Å²) in [5.74, 6) is -1.20. The van der Waals surface area contributed by atoms with Crippen LogP contribution in [-0.2, 0) is 14.6 Å². The number of aliphatic carboxylic acids is 1. The molecule has 9 heteroatoms. The summed E-state index contributed by atoms with van der Waals surface area (Å²) < 4.78 is 21.9. The van der Waals surface area contributed by atoms with Gasteiger partial charge in [0, 0.05) is 25.8 Å². The van der Waals surface area contributed by atoms with Crippen molar-refractivity contribution in [3.63, 3.8) is 0 Å². The van der Waals surface area contributed by atoms with Gasteiger partial charge in [-0.3, -0.25) is 0 Å². The first-order chi connectivity index (χ1) is 8.95. The fourth-order valence-corrected chi connectivity index (χ4v) is 2.13. The molecule has 20 heavy (non-hydrogen) atoms. The highest BCUT2D eigenvalue weighted by molar-refractivity contribution is 7.92. The molecule has 0 radical (unpaired) electrons. The number of aliphatic hydroxyl groups excluding tert-OH is 1. The van der Waals surface area contributed by atoms with Crippen LogP contribution in [0.3, 0.4) is 0 Å². The lowest BCUT2D eigenvalue weighted by Gasteiger charge is -2.26. The van der Waals surface area contributed by atoms with E-state index in [-0.39, 0.29) is 19.5 Å². The quantitative estimate of drug-likeness (QED) is 0.614. The smallest absolute Gasteiger partial charge is 0.326 e. The van der Waals surface area contributed by atoms with Gasteiger partial charge in [-0.05, 0) is 13.8 Å². The number of amides is 2. The Morgan fingerprint density at radius 2 is 1.95 bits per heavy atom. The SMILES string of the molecule is CC(C)(CNC(=O)N1CC(O)C[C@H]1C(=O)O)S(C)(=O)=O. The molecule has 0 saturated carbocycles. The number of β-amino-alcohol motifs (C(OH)–C–C–N with tert-alkyl or cyclic N) is 1. The van der Waals surface area contributed by atoms with Crippen molar-refractivity contribution < 1.29 is 28.2 Å².